The van der Waals surface area contributed by atoms with Gasteiger partial charge in [0.05, 0.1) is 16.3 Å². The molecule has 25 heavy (non-hydrogen) atoms. The van der Waals surface area contributed by atoms with Gasteiger partial charge in [0.25, 0.3) is 5.69 Å². The Balaban J connectivity index is 2.11. The Morgan fingerprint density at radius 1 is 1.04 bits per heavy atom. The van der Waals surface area contributed by atoms with Crippen LogP contribution in [0.1, 0.15) is 11.3 Å². The topological polar surface area (TPSA) is 61.0 Å². The highest BCUT2D eigenvalue weighted by Crippen LogP contribution is 2.34. The van der Waals surface area contributed by atoms with E-state index < -0.39 is 16.8 Å². The Morgan fingerprint density at radius 3 is 2.16 bits per heavy atom. The third kappa shape index (κ3) is 3.37. The molecular weight excluding hydrogens is 335 g/mol. The summed E-state index contributed by atoms with van der Waals surface area (Å²) in [6.07, 6.45) is -4.61. The number of alkyl halides is 3. The molecule has 0 amide bonds. The number of aromatic nitrogens is 2. The monoisotopic (exact) mass is 347 g/mol. The highest BCUT2D eigenvalue weighted by atomic mass is 19.4. The number of halogens is 3. The van der Waals surface area contributed by atoms with Crippen LogP contribution >= 0.6 is 0 Å². The lowest BCUT2D eigenvalue weighted by atomic mass is 10.1. The summed E-state index contributed by atoms with van der Waals surface area (Å²) >= 11 is 0. The molecule has 0 bridgehead atoms. The van der Waals surface area contributed by atoms with Gasteiger partial charge in [-0.15, -0.1) is 0 Å². The molecule has 128 valence electrons. The number of rotatable bonds is 3. The van der Waals surface area contributed by atoms with E-state index in [9.17, 15) is 23.3 Å². The van der Waals surface area contributed by atoms with Crippen molar-refractivity contribution in [2.45, 2.75) is 13.1 Å². The Kier molecular flexibility index (Phi) is 4.03. The molecule has 0 saturated heterocycles. The number of nitro groups is 1. The first-order chi connectivity index (χ1) is 11.8. The zero-order chi connectivity index (χ0) is 18.2. The van der Waals surface area contributed by atoms with Gasteiger partial charge in [-0.3, -0.25) is 10.1 Å². The summed E-state index contributed by atoms with van der Waals surface area (Å²) in [6, 6.07) is 12.7. The summed E-state index contributed by atoms with van der Waals surface area (Å²) in [7, 11) is 0. The van der Waals surface area contributed by atoms with Crippen LogP contribution in [0.3, 0.4) is 0 Å². The van der Waals surface area contributed by atoms with Crippen molar-refractivity contribution in [3.05, 3.63) is 76.0 Å². The number of hydrogen-bond acceptors (Lipinski definition) is 3. The molecule has 0 saturated carbocycles. The molecule has 0 spiro atoms. The van der Waals surface area contributed by atoms with E-state index in [0.29, 0.717) is 5.56 Å². The summed E-state index contributed by atoms with van der Waals surface area (Å²) < 4.78 is 40.8. The fourth-order valence-corrected chi connectivity index (χ4v) is 2.36. The van der Waals surface area contributed by atoms with Crippen molar-refractivity contribution in [3.8, 4) is 16.9 Å². The lowest BCUT2D eigenvalue weighted by molar-refractivity contribution is -0.384. The predicted octanol–water partition coefficient (Wildman–Crippen LogP) is 4.77. The molecule has 1 aromatic heterocycles. The van der Waals surface area contributed by atoms with Gasteiger partial charge in [0, 0.05) is 17.7 Å². The van der Waals surface area contributed by atoms with Gasteiger partial charge >= 0.3 is 6.18 Å². The maximum Gasteiger partial charge on any atom is 0.433 e. The molecule has 3 aromatic rings. The van der Waals surface area contributed by atoms with Gasteiger partial charge in [0.15, 0.2) is 0 Å². The summed E-state index contributed by atoms with van der Waals surface area (Å²) in [6.45, 7) is 1.88. The third-order valence-corrected chi connectivity index (χ3v) is 3.65. The van der Waals surface area contributed by atoms with Crippen molar-refractivity contribution in [1.29, 1.82) is 0 Å². The van der Waals surface area contributed by atoms with Gasteiger partial charge in [-0.05, 0) is 25.1 Å². The third-order valence-electron chi connectivity index (χ3n) is 3.65. The largest absolute Gasteiger partial charge is 0.433 e. The summed E-state index contributed by atoms with van der Waals surface area (Å²) in [5.74, 6) is 0. The quantitative estimate of drug-likeness (QED) is 0.506. The van der Waals surface area contributed by atoms with Gasteiger partial charge in [-0.2, -0.15) is 18.3 Å². The van der Waals surface area contributed by atoms with Crippen LogP contribution in [0.4, 0.5) is 18.9 Å². The van der Waals surface area contributed by atoms with Crippen molar-refractivity contribution in [2.75, 3.05) is 0 Å². The van der Waals surface area contributed by atoms with E-state index in [2.05, 4.69) is 5.10 Å². The molecule has 8 heteroatoms. The Morgan fingerprint density at radius 2 is 1.64 bits per heavy atom. The first-order valence-corrected chi connectivity index (χ1v) is 7.25. The number of nitro benzene ring substituents is 1. The molecule has 0 aliphatic heterocycles. The molecule has 0 aliphatic rings. The molecule has 0 aliphatic carbocycles. The molecular formula is C17H12F3N3O2. The molecule has 0 unspecified atom stereocenters. The second-order valence-corrected chi connectivity index (χ2v) is 5.46. The van der Waals surface area contributed by atoms with E-state index in [1.807, 2.05) is 6.92 Å². The molecule has 0 atom stereocenters. The van der Waals surface area contributed by atoms with Crippen LogP contribution in [0.15, 0.2) is 54.6 Å². The van der Waals surface area contributed by atoms with Crippen molar-refractivity contribution < 1.29 is 18.1 Å². The van der Waals surface area contributed by atoms with E-state index in [-0.39, 0.29) is 17.1 Å². The fourth-order valence-electron chi connectivity index (χ4n) is 2.36. The molecule has 1 heterocycles. The zero-order valence-electron chi connectivity index (χ0n) is 13.0. The second-order valence-electron chi connectivity index (χ2n) is 5.46. The standard InChI is InChI=1S/C17H12F3N3O2/c1-11-2-4-12(5-3-11)15-10-16(17(18,19)20)22(21-15)13-6-8-14(9-7-13)23(24)25/h2-10H,1H3. The maximum absolute atomic E-state index is 13.4. The van der Waals surface area contributed by atoms with Crippen LogP contribution < -0.4 is 0 Å². The number of hydrogen-bond donors (Lipinski definition) is 0. The van der Waals surface area contributed by atoms with Crippen molar-refractivity contribution in [1.82, 2.24) is 9.78 Å². The minimum atomic E-state index is -4.61. The van der Waals surface area contributed by atoms with E-state index in [1.54, 1.807) is 24.3 Å². The Hall–Kier alpha value is -3.16. The van der Waals surface area contributed by atoms with Gasteiger partial charge in [-0.25, -0.2) is 4.68 Å². The molecule has 0 radical (unpaired) electrons. The SMILES string of the molecule is Cc1ccc(-c2cc(C(F)(F)F)n(-c3ccc([N+](=O)[O-])cc3)n2)cc1. The fraction of sp³-hybridized carbons (Fsp3) is 0.118. The molecule has 3 rings (SSSR count). The van der Waals surface area contributed by atoms with Crippen LogP contribution in [0, 0.1) is 17.0 Å². The smallest absolute Gasteiger partial charge is 0.258 e. The van der Waals surface area contributed by atoms with Crippen LogP contribution in [-0.2, 0) is 6.18 Å². The first kappa shape index (κ1) is 16.7. The van der Waals surface area contributed by atoms with Crippen molar-refractivity contribution in [3.63, 3.8) is 0 Å². The predicted molar refractivity (Wildman–Crippen MR) is 85.4 cm³/mol. The minimum Gasteiger partial charge on any atom is -0.258 e. The van der Waals surface area contributed by atoms with Gasteiger partial charge in [-0.1, -0.05) is 29.8 Å². The van der Waals surface area contributed by atoms with Crippen LogP contribution in [0.2, 0.25) is 0 Å². The Bertz CT molecular complexity index is 914. The number of aryl methyl sites for hydroxylation is 1. The van der Waals surface area contributed by atoms with Gasteiger partial charge in [0.1, 0.15) is 5.69 Å². The number of nitrogens with zero attached hydrogens (tertiary/aromatic N) is 3. The Labute approximate surface area is 140 Å². The lowest BCUT2D eigenvalue weighted by Crippen LogP contribution is -2.13. The van der Waals surface area contributed by atoms with E-state index in [4.69, 9.17) is 0 Å². The normalized spacial score (nSPS) is 11.5. The summed E-state index contributed by atoms with van der Waals surface area (Å²) in [5, 5.41) is 14.7. The first-order valence-electron chi connectivity index (χ1n) is 7.25. The van der Waals surface area contributed by atoms with Crippen molar-refractivity contribution >= 4 is 5.69 Å². The molecule has 2 aromatic carbocycles. The van der Waals surface area contributed by atoms with Gasteiger partial charge < -0.3 is 0 Å². The van der Waals surface area contributed by atoms with Crippen LogP contribution in [-0.4, -0.2) is 14.7 Å². The average Bonchev–Trinajstić information content (AvgIpc) is 3.01. The van der Waals surface area contributed by atoms with Crippen LogP contribution in [0.5, 0.6) is 0 Å². The molecule has 5 nitrogen and oxygen atoms in total. The second kappa shape index (κ2) is 6.04. The molecule has 0 fully saturated rings. The average molecular weight is 347 g/mol. The number of benzene rings is 2. The maximum atomic E-state index is 13.4. The van der Waals surface area contributed by atoms with Crippen molar-refractivity contribution in [2.24, 2.45) is 0 Å². The summed E-state index contributed by atoms with van der Waals surface area (Å²) in [5.41, 5.74) is 0.647. The van der Waals surface area contributed by atoms with E-state index in [1.165, 1.54) is 12.1 Å². The minimum absolute atomic E-state index is 0.0938. The molecule has 0 N–H and O–H groups in total. The van der Waals surface area contributed by atoms with Crippen LogP contribution in [0.25, 0.3) is 16.9 Å². The van der Waals surface area contributed by atoms with E-state index >= 15 is 0 Å². The lowest BCUT2D eigenvalue weighted by Gasteiger charge is -2.09. The van der Waals surface area contributed by atoms with Gasteiger partial charge in [0.2, 0.25) is 0 Å². The number of non-ortho nitro benzene ring substituents is 1. The van der Waals surface area contributed by atoms with E-state index in [0.717, 1.165) is 28.4 Å². The highest BCUT2D eigenvalue weighted by molar-refractivity contribution is 5.61. The summed E-state index contributed by atoms with van der Waals surface area (Å²) in [4.78, 5) is 10.1. The highest BCUT2D eigenvalue weighted by Gasteiger charge is 2.36. The zero-order valence-corrected chi connectivity index (χ0v) is 13.0.